The number of hydrogen-bond acceptors (Lipinski definition) is 3. The van der Waals surface area contributed by atoms with E-state index in [1.807, 2.05) is 12.1 Å². The summed E-state index contributed by atoms with van der Waals surface area (Å²) in [6, 6.07) is 10.4. The van der Waals surface area contributed by atoms with Gasteiger partial charge in [-0.15, -0.1) is 0 Å². The zero-order chi connectivity index (χ0) is 17.3. The van der Waals surface area contributed by atoms with Crippen LogP contribution in [-0.4, -0.2) is 54.8 Å². The van der Waals surface area contributed by atoms with Gasteiger partial charge in [-0.3, -0.25) is 9.69 Å². The maximum atomic E-state index is 12.5. The molecule has 2 aliphatic rings. The van der Waals surface area contributed by atoms with Gasteiger partial charge in [0.1, 0.15) is 6.54 Å². The quantitative estimate of drug-likeness (QED) is 0.876. The van der Waals surface area contributed by atoms with Gasteiger partial charge in [-0.1, -0.05) is 18.2 Å². The second kappa shape index (κ2) is 6.81. The van der Waals surface area contributed by atoms with Crippen LogP contribution in [0.5, 0.6) is 0 Å². The molecule has 0 unspecified atom stereocenters. The fourth-order valence-electron chi connectivity index (χ4n) is 3.85. The van der Waals surface area contributed by atoms with E-state index in [2.05, 4.69) is 39.9 Å². The number of morpholine rings is 1. The van der Waals surface area contributed by atoms with E-state index in [0.29, 0.717) is 12.0 Å². The van der Waals surface area contributed by atoms with E-state index < -0.39 is 0 Å². The minimum absolute atomic E-state index is 0.109. The van der Waals surface area contributed by atoms with Crippen molar-refractivity contribution in [3.05, 3.63) is 36.0 Å². The van der Waals surface area contributed by atoms with Gasteiger partial charge in [-0.2, -0.15) is 0 Å². The molecular weight excluding hydrogens is 314 g/mol. The van der Waals surface area contributed by atoms with Crippen LogP contribution in [-0.2, 0) is 16.1 Å². The number of aryl methyl sites for hydroxylation is 1. The maximum Gasteiger partial charge on any atom is 0.239 e. The van der Waals surface area contributed by atoms with E-state index in [1.54, 1.807) is 0 Å². The maximum absolute atomic E-state index is 12.5. The van der Waals surface area contributed by atoms with Crippen LogP contribution in [0.2, 0.25) is 0 Å². The summed E-state index contributed by atoms with van der Waals surface area (Å²) in [7, 11) is 0. The summed E-state index contributed by atoms with van der Waals surface area (Å²) in [4.78, 5) is 15.0. The number of hydrogen-bond donors (Lipinski definition) is 1. The number of carbonyl (C=O) groups is 1. The Morgan fingerprint density at radius 3 is 2.76 bits per heavy atom. The van der Waals surface area contributed by atoms with Crippen molar-refractivity contribution in [2.24, 2.45) is 5.41 Å². The molecule has 134 valence electrons. The predicted octanol–water partition coefficient (Wildman–Crippen LogP) is 2.18. The molecule has 1 N–H and O–H groups in total. The van der Waals surface area contributed by atoms with Gasteiger partial charge in [-0.25, -0.2) is 0 Å². The summed E-state index contributed by atoms with van der Waals surface area (Å²) >= 11 is 0. The molecule has 1 amide bonds. The molecule has 0 spiro atoms. The Balaban J connectivity index is 1.34. The second-order valence-electron chi connectivity index (χ2n) is 7.60. The number of nitrogens with one attached hydrogen (secondary N) is 1. The lowest BCUT2D eigenvalue weighted by molar-refractivity contribution is -0.121. The number of fused-ring (bicyclic) bond motifs is 1. The normalized spacial score (nSPS) is 19.9. The molecule has 2 fully saturated rings. The average molecular weight is 341 g/mol. The molecule has 1 aliphatic heterocycles. The molecule has 1 aromatic carbocycles. The van der Waals surface area contributed by atoms with E-state index in [1.165, 1.54) is 18.2 Å². The number of carbonyl (C=O) groups excluding carboxylic acids is 1. The number of rotatable bonds is 6. The highest BCUT2D eigenvalue weighted by atomic mass is 16.5. The van der Waals surface area contributed by atoms with Gasteiger partial charge in [-0.05, 0) is 37.3 Å². The minimum Gasteiger partial charge on any atom is -0.379 e. The molecule has 1 aromatic heterocycles. The van der Waals surface area contributed by atoms with Crippen LogP contribution in [0.25, 0.3) is 10.9 Å². The van der Waals surface area contributed by atoms with E-state index in [9.17, 15) is 4.79 Å². The molecule has 2 heterocycles. The summed E-state index contributed by atoms with van der Waals surface area (Å²) in [5, 5.41) is 4.38. The first-order chi connectivity index (χ1) is 12.2. The van der Waals surface area contributed by atoms with Gasteiger partial charge in [0.2, 0.25) is 5.91 Å². The summed E-state index contributed by atoms with van der Waals surface area (Å²) in [6.07, 6.45) is 2.44. The summed E-state index contributed by atoms with van der Waals surface area (Å²) < 4.78 is 7.53. The van der Waals surface area contributed by atoms with Gasteiger partial charge in [0.05, 0.1) is 13.2 Å². The lowest BCUT2D eigenvalue weighted by Crippen LogP contribution is -2.43. The van der Waals surface area contributed by atoms with E-state index in [0.717, 1.165) is 50.6 Å². The zero-order valence-corrected chi connectivity index (χ0v) is 15.0. The molecule has 5 nitrogen and oxygen atoms in total. The van der Waals surface area contributed by atoms with Gasteiger partial charge in [0, 0.05) is 42.8 Å². The highest BCUT2D eigenvalue weighted by Gasteiger charge is 2.44. The first-order valence-corrected chi connectivity index (χ1v) is 9.27. The van der Waals surface area contributed by atoms with Crippen molar-refractivity contribution in [2.45, 2.75) is 26.3 Å². The van der Waals surface area contributed by atoms with Crippen LogP contribution in [0.15, 0.2) is 30.3 Å². The summed E-state index contributed by atoms with van der Waals surface area (Å²) in [5.41, 5.74) is 2.55. The number of aromatic nitrogens is 1. The minimum atomic E-state index is 0.109. The summed E-state index contributed by atoms with van der Waals surface area (Å²) in [6.45, 7) is 8.05. The molecular formula is C20H27N3O2. The van der Waals surface area contributed by atoms with Crippen molar-refractivity contribution in [3.63, 3.8) is 0 Å². The fraction of sp³-hybridized carbons (Fsp3) is 0.550. The van der Waals surface area contributed by atoms with Gasteiger partial charge >= 0.3 is 0 Å². The number of amides is 1. The molecule has 1 saturated carbocycles. The van der Waals surface area contributed by atoms with E-state index in [-0.39, 0.29) is 5.91 Å². The molecule has 25 heavy (non-hydrogen) atoms. The van der Waals surface area contributed by atoms with Crippen LogP contribution in [0.1, 0.15) is 18.5 Å². The first kappa shape index (κ1) is 16.6. The molecule has 0 bridgehead atoms. The van der Waals surface area contributed by atoms with Crippen molar-refractivity contribution in [2.75, 3.05) is 39.4 Å². The van der Waals surface area contributed by atoms with Crippen LogP contribution >= 0.6 is 0 Å². The smallest absolute Gasteiger partial charge is 0.239 e. The molecule has 1 aliphatic carbocycles. The lowest BCUT2D eigenvalue weighted by Gasteiger charge is -2.30. The van der Waals surface area contributed by atoms with Crippen molar-refractivity contribution in [3.8, 4) is 0 Å². The Morgan fingerprint density at radius 2 is 2.00 bits per heavy atom. The first-order valence-electron chi connectivity index (χ1n) is 9.27. The fourth-order valence-corrected chi connectivity index (χ4v) is 3.85. The Hall–Kier alpha value is -1.85. The van der Waals surface area contributed by atoms with Crippen molar-refractivity contribution >= 4 is 16.8 Å². The predicted molar refractivity (Wildman–Crippen MR) is 98.6 cm³/mol. The van der Waals surface area contributed by atoms with Crippen molar-refractivity contribution < 1.29 is 9.53 Å². The van der Waals surface area contributed by atoms with Crippen molar-refractivity contribution in [1.82, 2.24) is 14.8 Å². The number of para-hydroxylation sites is 1. The van der Waals surface area contributed by atoms with Gasteiger partial charge in [0.25, 0.3) is 0 Å². The third-order valence-corrected chi connectivity index (χ3v) is 5.60. The number of nitrogens with zero attached hydrogens (tertiary/aromatic N) is 2. The summed E-state index contributed by atoms with van der Waals surface area (Å²) in [5.74, 6) is 0.109. The van der Waals surface area contributed by atoms with Gasteiger partial charge in [0.15, 0.2) is 0 Å². The monoisotopic (exact) mass is 341 g/mol. The molecule has 1 saturated heterocycles. The molecule has 0 atom stereocenters. The van der Waals surface area contributed by atoms with Crippen LogP contribution in [0.4, 0.5) is 0 Å². The lowest BCUT2D eigenvalue weighted by atomic mass is 10.1. The van der Waals surface area contributed by atoms with E-state index >= 15 is 0 Å². The highest BCUT2D eigenvalue weighted by Crippen LogP contribution is 2.45. The molecule has 2 aromatic rings. The second-order valence-corrected chi connectivity index (χ2v) is 7.60. The SMILES string of the molecule is Cc1cc2ccccc2n1CC(=O)NCC1(CN2CCOCC2)CC1. The van der Waals surface area contributed by atoms with Crippen molar-refractivity contribution in [1.29, 1.82) is 0 Å². The Labute approximate surface area is 148 Å². The van der Waals surface area contributed by atoms with Crippen LogP contribution in [0, 0.1) is 12.3 Å². The van der Waals surface area contributed by atoms with Crippen LogP contribution in [0.3, 0.4) is 0 Å². The Bertz CT molecular complexity index is 757. The average Bonchev–Trinajstić information content (AvgIpc) is 3.32. The largest absolute Gasteiger partial charge is 0.379 e. The topological polar surface area (TPSA) is 46.5 Å². The molecule has 5 heteroatoms. The third kappa shape index (κ3) is 3.72. The number of benzene rings is 1. The molecule has 4 rings (SSSR count). The highest BCUT2D eigenvalue weighted by molar-refractivity contribution is 5.84. The van der Waals surface area contributed by atoms with Crippen LogP contribution < -0.4 is 5.32 Å². The van der Waals surface area contributed by atoms with Gasteiger partial charge < -0.3 is 14.6 Å². The Morgan fingerprint density at radius 1 is 1.24 bits per heavy atom. The number of ether oxygens (including phenoxy) is 1. The Kier molecular flexibility index (Phi) is 4.52. The standard InChI is InChI=1S/C20H27N3O2/c1-16-12-17-4-2-3-5-18(17)23(16)13-19(24)21-14-20(6-7-20)15-22-8-10-25-11-9-22/h2-5,12H,6-11,13-15H2,1H3,(H,21,24). The third-order valence-electron chi connectivity index (χ3n) is 5.60. The van der Waals surface area contributed by atoms with E-state index in [4.69, 9.17) is 4.74 Å². The molecule has 0 radical (unpaired) electrons. The zero-order valence-electron chi connectivity index (χ0n) is 15.0.